The molecule has 0 N–H and O–H groups in total. The van der Waals surface area contributed by atoms with Crippen molar-refractivity contribution < 1.29 is 19.1 Å². The molecule has 0 bridgehead atoms. The van der Waals surface area contributed by atoms with Crippen LogP contribution in [0, 0.1) is 5.41 Å². The first-order chi connectivity index (χ1) is 7.22. The van der Waals surface area contributed by atoms with Gasteiger partial charge in [0, 0.05) is 5.57 Å². The molecular formula is C13H26O4. The van der Waals surface area contributed by atoms with Gasteiger partial charge in [0.15, 0.2) is 0 Å². The normalized spacial score (nSPS) is 9.06. The molecule has 0 fully saturated rings. The zero-order chi connectivity index (χ0) is 13.4. The fourth-order valence-corrected chi connectivity index (χ4v) is 0.595. The molecule has 0 amide bonds. The first-order valence-electron chi connectivity index (χ1n) is 5.05. The summed E-state index contributed by atoms with van der Waals surface area (Å²) in [5.41, 5.74) is 0.122. The first kappa shape index (κ1) is 21.0. The van der Waals surface area contributed by atoms with E-state index in [2.05, 4.69) is 16.1 Å². The summed E-state index contributed by atoms with van der Waals surface area (Å²) in [6, 6.07) is 0. The molecule has 0 aliphatic rings. The summed E-state index contributed by atoms with van der Waals surface area (Å²) in [6.07, 6.45) is 0.819. The Morgan fingerprint density at radius 3 is 1.65 bits per heavy atom. The molecule has 0 aromatic carbocycles. The predicted molar refractivity (Wildman–Crippen MR) is 69.6 cm³/mol. The van der Waals surface area contributed by atoms with Crippen LogP contribution in [0.2, 0.25) is 0 Å². The van der Waals surface area contributed by atoms with E-state index in [1.807, 2.05) is 20.8 Å². The van der Waals surface area contributed by atoms with Gasteiger partial charge >= 0.3 is 11.9 Å². The Kier molecular flexibility index (Phi) is 12.2. The number of methoxy groups -OCH3 is 2. The van der Waals surface area contributed by atoms with E-state index >= 15 is 0 Å². The van der Waals surface area contributed by atoms with Crippen LogP contribution in [0.1, 0.15) is 41.5 Å². The SMILES string of the molecule is C.C=C(C)C(=O)OC.CCC(C)(C)C(=O)OC. The largest absolute Gasteiger partial charge is 0.469 e. The number of carbonyl (C=O) groups excluding carboxylic acids is 2. The van der Waals surface area contributed by atoms with E-state index < -0.39 is 0 Å². The molecular weight excluding hydrogens is 220 g/mol. The van der Waals surface area contributed by atoms with Crippen molar-refractivity contribution in [1.82, 2.24) is 0 Å². The molecule has 0 saturated heterocycles. The highest BCUT2D eigenvalue weighted by Gasteiger charge is 2.25. The molecule has 0 aliphatic carbocycles. The van der Waals surface area contributed by atoms with Crippen LogP contribution >= 0.6 is 0 Å². The van der Waals surface area contributed by atoms with Crippen LogP contribution in [0.4, 0.5) is 0 Å². The van der Waals surface area contributed by atoms with Crippen LogP contribution in [0.25, 0.3) is 0 Å². The van der Waals surface area contributed by atoms with E-state index in [0.717, 1.165) is 6.42 Å². The minimum absolute atomic E-state index is 0. The molecule has 0 radical (unpaired) electrons. The van der Waals surface area contributed by atoms with Crippen LogP contribution in [0.15, 0.2) is 12.2 Å². The highest BCUT2D eigenvalue weighted by atomic mass is 16.5. The highest BCUT2D eigenvalue weighted by Crippen LogP contribution is 2.20. The maximum absolute atomic E-state index is 10.8. The van der Waals surface area contributed by atoms with Gasteiger partial charge in [0.2, 0.25) is 0 Å². The number of carbonyl (C=O) groups is 2. The second-order valence-corrected chi connectivity index (χ2v) is 4.00. The molecule has 4 heteroatoms. The molecule has 0 spiro atoms. The van der Waals surface area contributed by atoms with E-state index in [4.69, 9.17) is 0 Å². The molecule has 102 valence electrons. The minimum atomic E-state index is -0.347. The Morgan fingerprint density at radius 2 is 1.59 bits per heavy atom. The van der Waals surface area contributed by atoms with Crippen molar-refractivity contribution in [2.45, 2.75) is 41.5 Å². The summed E-state index contributed by atoms with van der Waals surface area (Å²) >= 11 is 0. The Hall–Kier alpha value is -1.32. The molecule has 0 atom stereocenters. The van der Waals surface area contributed by atoms with Gasteiger partial charge in [0.05, 0.1) is 19.6 Å². The van der Waals surface area contributed by atoms with Crippen LogP contribution in [-0.2, 0) is 19.1 Å². The van der Waals surface area contributed by atoms with E-state index in [-0.39, 0.29) is 24.8 Å². The van der Waals surface area contributed by atoms with Gasteiger partial charge in [-0.25, -0.2) is 4.79 Å². The fourth-order valence-electron chi connectivity index (χ4n) is 0.595. The van der Waals surface area contributed by atoms with Crippen molar-refractivity contribution >= 4 is 11.9 Å². The minimum Gasteiger partial charge on any atom is -0.469 e. The smallest absolute Gasteiger partial charge is 0.332 e. The lowest BCUT2D eigenvalue weighted by Crippen LogP contribution is -2.24. The topological polar surface area (TPSA) is 52.6 Å². The predicted octanol–water partition coefficient (Wildman–Crippen LogP) is 2.97. The van der Waals surface area contributed by atoms with Gasteiger partial charge in [-0.3, -0.25) is 4.79 Å². The molecule has 4 nitrogen and oxygen atoms in total. The first-order valence-corrected chi connectivity index (χ1v) is 5.05. The quantitative estimate of drug-likeness (QED) is 0.567. The van der Waals surface area contributed by atoms with Crippen molar-refractivity contribution in [3.8, 4) is 0 Å². The van der Waals surface area contributed by atoms with E-state index in [1.54, 1.807) is 6.92 Å². The molecule has 0 aromatic heterocycles. The van der Waals surface area contributed by atoms with Crippen LogP contribution in [0.5, 0.6) is 0 Å². The average molecular weight is 246 g/mol. The summed E-state index contributed by atoms with van der Waals surface area (Å²) in [6.45, 7) is 10.7. The van der Waals surface area contributed by atoms with Gasteiger partial charge in [-0.15, -0.1) is 0 Å². The van der Waals surface area contributed by atoms with Gasteiger partial charge in [0.25, 0.3) is 0 Å². The maximum atomic E-state index is 10.8. The Morgan fingerprint density at radius 1 is 1.18 bits per heavy atom. The monoisotopic (exact) mass is 246 g/mol. The van der Waals surface area contributed by atoms with Gasteiger partial charge in [-0.2, -0.15) is 0 Å². The lowest BCUT2D eigenvalue weighted by molar-refractivity contribution is -0.150. The molecule has 0 rings (SSSR count). The zero-order valence-electron chi connectivity index (χ0n) is 11.0. The number of rotatable bonds is 3. The summed E-state index contributed by atoms with van der Waals surface area (Å²) in [7, 11) is 2.75. The van der Waals surface area contributed by atoms with Crippen molar-refractivity contribution in [3.63, 3.8) is 0 Å². The highest BCUT2D eigenvalue weighted by molar-refractivity contribution is 5.86. The van der Waals surface area contributed by atoms with Crippen molar-refractivity contribution in [2.75, 3.05) is 14.2 Å². The Balaban J connectivity index is -0.000000224. The number of hydrogen-bond donors (Lipinski definition) is 0. The lowest BCUT2D eigenvalue weighted by Gasteiger charge is -2.17. The molecule has 0 aliphatic heterocycles. The van der Waals surface area contributed by atoms with E-state index in [9.17, 15) is 9.59 Å². The summed E-state index contributed by atoms with van der Waals surface area (Å²) in [5, 5.41) is 0. The third kappa shape index (κ3) is 9.60. The van der Waals surface area contributed by atoms with Crippen molar-refractivity contribution in [3.05, 3.63) is 12.2 Å². The van der Waals surface area contributed by atoms with Gasteiger partial charge in [-0.05, 0) is 27.2 Å². The van der Waals surface area contributed by atoms with Gasteiger partial charge in [-0.1, -0.05) is 20.9 Å². The molecule has 0 saturated carbocycles. The molecule has 0 heterocycles. The van der Waals surface area contributed by atoms with E-state index in [0.29, 0.717) is 5.57 Å². The standard InChI is InChI=1S/C7H14O2.C5H8O2.CH4/c1-5-7(2,3)6(8)9-4;1-4(2)5(6)7-3;/h5H2,1-4H3;1H2,2-3H3;1H4. The second kappa shape index (κ2) is 9.87. The third-order valence-corrected chi connectivity index (χ3v) is 2.16. The molecule has 0 aromatic rings. The van der Waals surface area contributed by atoms with E-state index in [1.165, 1.54) is 14.2 Å². The number of ether oxygens (including phenoxy) is 2. The van der Waals surface area contributed by atoms with Crippen molar-refractivity contribution in [1.29, 1.82) is 0 Å². The van der Waals surface area contributed by atoms with Gasteiger partial charge < -0.3 is 9.47 Å². The Bertz CT molecular complexity index is 254. The lowest BCUT2D eigenvalue weighted by atomic mass is 9.91. The van der Waals surface area contributed by atoms with Crippen molar-refractivity contribution in [2.24, 2.45) is 5.41 Å². The summed E-state index contributed by atoms with van der Waals surface area (Å²) in [4.78, 5) is 21.0. The van der Waals surface area contributed by atoms with Crippen LogP contribution in [0.3, 0.4) is 0 Å². The summed E-state index contributed by atoms with van der Waals surface area (Å²) in [5.74, 6) is -0.481. The van der Waals surface area contributed by atoms with Crippen LogP contribution in [-0.4, -0.2) is 26.2 Å². The fraction of sp³-hybridized carbons (Fsp3) is 0.692. The average Bonchev–Trinajstić information content (AvgIpc) is 2.27. The third-order valence-electron chi connectivity index (χ3n) is 2.16. The molecule has 0 unspecified atom stereocenters. The van der Waals surface area contributed by atoms with Crippen LogP contribution < -0.4 is 0 Å². The van der Waals surface area contributed by atoms with Gasteiger partial charge in [0.1, 0.15) is 0 Å². The second-order valence-electron chi connectivity index (χ2n) is 4.00. The Labute approximate surface area is 105 Å². The summed E-state index contributed by atoms with van der Waals surface area (Å²) < 4.78 is 8.84. The molecule has 17 heavy (non-hydrogen) atoms. The number of hydrogen-bond acceptors (Lipinski definition) is 4. The maximum Gasteiger partial charge on any atom is 0.332 e. The zero-order valence-corrected chi connectivity index (χ0v) is 11.0. The number of esters is 2.